The van der Waals surface area contributed by atoms with Crippen molar-refractivity contribution in [2.24, 2.45) is 17.3 Å². The predicted molar refractivity (Wildman–Crippen MR) is 111 cm³/mol. The van der Waals surface area contributed by atoms with Crippen LogP contribution in [0.1, 0.15) is 49.7 Å². The molecule has 1 heterocycles. The highest BCUT2D eigenvalue weighted by atomic mass is 16.5. The first-order valence-corrected chi connectivity index (χ1v) is 10.3. The number of fused-ring (bicyclic) bond motifs is 3. The third-order valence-electron chi connectivity index (χ3n) is 7.35. The molecular weight excluding hydrogens is 332 g/mol. The van der Waals surface area contributed by atoms with Gasteiger partial charge in [-0.3, -0.25) is 0 Å². The lowest BCUT2D eigenvalue weighted by Gasteiger charge is -2.51. The highest BCUT2D eigenvalue weighted by Crippen LogP contribution is 2.57. The van der Waals surface area contributed by atoms with E-state index in [2.05, 4.69) is 50.4 Å². The molecule has 144 valence electrons. The summed E-state index contributed by atoms with van der Waals surface area (Å²) in [5, 5.41) is 0. The summed E-state index contributed by atoms with van der Waals surface area (Å²) < 4.78 is 11.5. The lowest BCUT2D eigenvalue weighted by molar-refractivity contribution is 0.00962. The van der Waals surface area contributed by atoms with Crippen LogP contribution in [0.3, 0.4) is 0 Å². The van der Waals surface area contributed by atoms with Crippen molar-refractivity contribution >= 4 is 0 Å². The second-order valence-corrected chi connectivity index (χ2v) is 8.83. The molecule has 1 aromatic carbocycles. The van der Waals surface area contributed by atoms with Crippen LogP contribution in [-0.4, -0.2) is 19.8 Å². The molecule has 2 nitrogen and oxygen atoms in total. The largest absolute Gasteiger partial charge is 0.497 e. The molecule has 2 aliphatic carbocycles. The van der Waals surface area contributed by atoms with E-state index in [-0.39, 0.29) is 11.5 Å². The third-order valence-corrected chi connectivity index (χ3v) is 7.35. The minimum Gasteiger partial charge on any atom is -0.497 e. The summed E-state index contributed by atoms with van der Waals surface area (Å²) in [5.74, 6) is 2.86. The van der Waals surface area contributed by atoms with E-state index in [4.69, 9.17) is 9.47 Å². The van der Waals surface area contributed by atoms with Crippen molar-refractivity contribution in [3.8, 4) is 5.75 Å². The molecule has 1 aromatic rings. The number of methoxy groups -OCH3 is 1. The Kier molecular flexibility index (Phi) is 5.03. The van der Waals surface area contributed by atoms with Gasteiger partial charge in [-0.1, -0.05) is 37.8 Å². The summed E-state index contributed by atoms with van der Waals surface area (Å²) in [6, 6.07) is 6.69. The number of ether oxygens (including phenoxy) is 2. The molecule has 0 spiro atoms. The fourth-order valence-electron chi connectivity index (χ4n) is 5.95. The van der Waals surface area contributed by atoms with Crippen molar-refractivity contribution in [1.29, 1.82) is 0 Å². The number of allylic oxidation sites excluding steroid dienone is 1. The third kappa shape index (κ3) is 3.29. The van der Waals surface area contributed by atoms with Crippen LogP contribution in [0.2, 0.25) is 0 Å². The van der Waals surface area contributed by atoms with Crippen LogP contribution in [0, 0.1) is 17.3 Å². The Morgan fingerprint density at radius 3 is 2.85 bits per heavy atom. The Morgan fingerprint density at radius 1 is 1.30 bits per heavy atom. The van der Waals surface area contributed by atoms with E-state index in [1.54, 1.807) is 12.7 Å². The summed E-state index contributed by atoms with van der Waals surface area (Å²) in [4.78, 5) is 0. The molecule has 0 radical (unpaired) electrons. The lowest BCUT2D eigenvalue weighted by atomic mass is 9.53. The molecule has 0 aromatic heterocycles. The van der Waals surface area contributed by atoms with E-state index in [0.717, 1.165) is 18.6 Å². The molecule has 1 fully saturated rings. The SMILES string of the molecule is C=CC1=C[C@@H](C[C@@]2(C)CC[C@@H]3c4ccc(OC)cc4CC[C@H]3[C@@H]2C=C)OC1. The van der Waals surface area contributed by atoms with Crippen LogP contribution in [0.15, 0.2) is 55.2 Å². The standard InChI is InChI=1S/C25H32O2/c1-5-17-13-20(27-16-17)15-25(3)12-11-22-21-10-8-19(26-4)14-18(21)7-9-23(22)24(25)6-2/h5-6,8,10,13-14,20,22-24H,1-2,7,9,11-12,15-16H2,3-4H3/t20-,22+,23+,24-,25+/m0/s1. The van der Waals surface area contributed by atoms with Gasteiger partial charge in [0.15, 0.2) is 0 Å². The van der Waals surface area contributed by atoms with Crippen LogP contribution >= 0.6 is 0 Å². The van der Waals surface area contributed by atoms with Crippen LogP contribution in [0.5, 0.6) is 5.75 Å². The minimum atomic E-state index is 0.224. The normalized spacial score (nSPS) is 35.0. The molecule has 0 amide bonds. The van der Waals surface area contributed by atoms with Gasteiger partial charge >= 0.3 is 0 Å². The van der Waals surface area contributed by atoms with Gasteiger partial charge in [-0.15, -0.1) is 6.58 Å². The molecule has 0 unspecified atom stereocenters. The summed E-state index contributed by atoms with van der Waals surface area (Å²) >= 11 is 0. The number of hydrogen-bond donors (Lipinski definition) is 0. The summed E-state index contributed by atoms with van der Waals surface area (Å²) in [6.45, 7) is 11.3. The quantitative estimate of drug-likeness (QED) is 0.611. The van der Waals surface area contributed by atoms with E-state index < -0.39 is 0 Å². The van der Waals surface area contributed by atoms with E-state index >= 15 is 0 Å². The monoisotopic (exact) mass is 364 g/mol. The lowest BCUT2D eigenvalue weighted by Crippen LogP contribution is -2.43. The van der Waals surface area contributed by atoms with Crippen molar-refractivity contribution in [3.05, 3.63) is 66.3 Å². The predicted octanol–water partition coefficient (Wildman–Crippen LogP) is 5.84. The molecular formula is C25H32O2. The fraction of sp³-hybridized carbons (Fsp3) is 0.520. The number of aryl methyl sites for hydroxylation is 1. The Bertz CT molecular complexity index is 762. The first-order valence-electron chi connectivity index (χ1n) is 10.3. The van der Waals surface area contributed by atoms with E-state index in [1.165, 1.54) is 30.4 Å². The van der Waals surface area contributed by atoms with Gasteiger partial charge in [-0.2, -0.15) is 0 Å². The summed E-state index contributed by atoms with van der Waals surface area (Å²) in [7, 11) is 1.75. The average molecular weight is 365 g/mol. The van der Waals surface area contributed by atoms with Gasteiger partial charge in [0.25, 0.3) is 0 Å². The summed E-state index contributed by atoms with van der Waals surface area (Å²) in [6.07, 6.45) is 12.6. The van der Waals surface area contributed by atoms with Gasteiger partial charge in [0.05, 0.1) is 19.8 Å². The van der Waals surface area contributed by atoms with E-state index in [9.17, 15) is 0 Å². The van der Waals surface area contributed by atoms with Crippen LogP contribution < -0.4 is 4.74 Å². The van der Waals surface area contributed by atoms with Crippen LogP contribution in [0.25, 0.3) is 0 Å². The van der Waals surface area contributed by atoms with E-state index in [1.807, 2.05) is 6.08 Å². The molecule has 0 N–H and O–H groups in total. The molecule has 2 heteroatoms. The summed E-state index contributed by atoms with van der Waals surface area (Å²) in [5.41, 5.74) is 4.52. The fourth-order valence-corrected chi connectivity index (χ4v) is 5.95. The molecule has 0 saturated heterocycles. The van der Waals surface area contributed by atoms with Crippen LogP contribution in [0.4, 0.5) is 0 Å². The van der Waals surface area contributed by atoms with Crippen LogP contribution in [-0.2, 0) is 11.2 Å². The zero-order chi connectivity index (χ0) is 19.0. The maximum atomic E-state index is 6.02. The van der Waals surface area contributed by atoms with E-state index in [0.29, 0.717) is 24.4 Å². The van der Waals surface area contributed by atoms with Gasteiger partial charge in [0, 0.05) is 0 Å². The molecule has 5 atom stereocenters. The Hall–Kier alpha value is -1.80. The van der Waals surface area contributed by atoms with Crippen molar-refractivity contribution in [3.63, 3.8) is 0 Å². The van der Waals surface area contributed by atoms with Gasteiger partial charge in [-0.05, 0) is 84.1 Å². The molecule has 4 rings (SSSR count). The molecule has 3 aliphatic rings. The van der Waals surface area contributed by atoms with Crippen molar-refractivity contribution in [2.75, 3.05) is 13.7 Å². The highest BCUT2D eigenvalue weighted by molar-refractivity contribution is 5.40. The molecule has 27 heavy (non-hydrogen) atoms. The van der Waals surface area contributed by atoms with Gasteiger partial charge < -0.3 is 9.47 Å². The Balaban J connectivity index is 1.57. The highest BCUT2D eigenvalue weighted by Gasteiger charge is 2.47. The van der Waals surface area contributed by atoms with Crippen molar-refractivity contribution in [2.45, 2.75) is 51.0 Å². The topological polar surface area (TPSA) is 18.5 Å². The van der Waals surface area contributed by atoms with Gasteiger partial charge in [0.1, 0.15) is 5.75 Å². The Morgan fingerprint density at radius 2 is 2.15 bits per heavy atom. The maximum Gasteiger partial charge on any atom is 0.119 e. The van der Waals surface area contributed by atoms with Gasteiger partial charge in [-0.25, -0.2) is 0 Å². The molecule has 0 bridgehead atoms. The minimum absolute atomic E-state index is 0.224. The first-order chi connectivity index (χ1) is 13.1. The smallest absolute Gasteiger partial charge is 0.119 e. The number of rotatable bonds is 5. The average Bonchev–Trinajstić information content (AvgIpc) is 3.14. The molecule has 1 aliphatic heterocycles. The second kappa shape index (κ2) is 7.31. The van der Waals surface area contributed by atoms with Crippen molar-refractivity contribution < 1.29 is 9.47 Å². The number of hydrogen-bond acceptors (Lipinski definition) is 2. The zero-order valence-corrected chi connectivity index (χ0v) is 16.7. The second-order valence-electron chi connectivity index (χ2n) is 8.83. The zero-order valence-electron chi connectivity index (χ0n) is 16.7. The number of benzene rings is 1. The van der Waals surface area contributed by atoms with Crippen molar-refractivity contribution in [1.82, 2.24) is 0 Å². The Labute approximate surface area is 164 Å². The first kappa shape index (κ1) is 18.6. The maximum absolute atomic E-state index is 6.02. The molecule has 1 saturated carbocycles. The van der Waals surface area contributed by atoms with Gasteiger partial charge in [0.2, 0.25) is 0 Å².